The van der Waals surface area contributed by atoms with Crippen LogP contribution in [0, 0.1) is 0 Å². The second-order valence-electron chi connectivity index (χ2n) is 4.49. The molecular weight excluding hydrogens is 252 g/mol. The summed E-state index contributed by atoms with van der Waals surface area (Å²) in [5.41, 5.74) is 1.82. The van der Waals surface area contributed by atoms with Crippen molar-refractivity contribution >= 4 is 22.6 Å². The lowest BCUT2D eigenvalue weighted by Crippen LogP contribution is -2.13. The molecule has 2 N–H and O–H groups in total. The monoisotopic (exact) mass is 266 g/mol. The molecule has 0 aliphatic carbocycles. The Morgan fingerprint density at radius 2 is 2.00 bits per heavy atom. The number of fused-ring (bicyclic) bond motifs is 1. The normalized spacial score (nSPS) is 10.6. The molecule has 1 amide bonds. The number of H-pyrrole nitrogens is 1. The van der Waals surface area contributed by atoms with Crippen LogP contribution in [0.15, 0.2) is 48.7 Å². The lowest BCUT2D eigenvalue weighted by Gasteiger charge is -2.02. The lowest BCUT2D eigenvalue weighted by atomic mass is 10.2. The van der Waals surface area contributed by atoms with Crippen LogP contribution >= 0.6 is 0 Å². The summed E-state index contributed by atoms with van der Waals surface area (Å²) in [6.45, 7) is 0. The zero-order valence-electron chi connectivity index (χ0n) is 10.8. The number of carbonyl (C=O) groups is 1. The fourth-order valence-corrected chi connectivity index (χ4v) is 2.04. The minimum Gasteiger partial charge on any atom is -0.309 e. The lowest BCUT2D eigenvalue weighted by molar-refractivity contribution is -0.116. The molecule has 0 aliphatic heterocycles. The largest absolute Gasteiger partial charge is 0.309 e. The van der Waals surface area contributed by atoms with Gasteiger partial charge in [0.25, 0.3) is 0 Å². The Morgan fingerprint density at radius 3 is 2.85 bits per heavy atom. The molecule has 3 rings (SSSR count). The van der Waals surface area contributed by atoms with Crippen LogP contribution in [-0.2, 0) is 11.2 Å². The molecule has 2 aromatic heterocycles. The van der Waals surface area contributed by atoms with E-state index in [9.17, 15) is 4.79 Å². The Hall–Kier alpha value is -2.69. The molecule has 5 heteroatoms. The van der Waals surface area contributed by atoms with Gasteiger partial charge in [-0.05, 0) is 30.7 Å². The minimum atomic E-state index is -0.0621. The number of hydrogen-bond donors (Lipinski definition) is 2. The SMILES string of the molecule is O=C(CCc1ccccn1)Nc1n[nH]c2ccccc12. The molecule has 0 bridgehead atoms. The Morgan fingerprint density at radius 1 is 1.15 bits per heavy atom. The van der Waals surface area contributed by atoms with Gasteiger partial charge in [-0.1, -0.05) is 18.2 Å². The number of aromatic nitrogens is 3. The number of amides is 1. The summed E-state index contributed by atoms with van der Waals surface area (Å²) in [6, 6.07) is 13.4. The zero-order valence-corrected chi connectivity index (χ0v) is 10.8. The number of aryl methyl sites for hydroxylation is 1. The molecule has 0 aliphatic rings. The minimum absolute atomic E-state index is 0.0621. The van der Waals surface area contributed by atoms with Gasteiger partial charge in [-0.15, -0.1) is 0 Å². The standard InChI is InChI=1S/C15H14N4O/c20-14(9-8-11-5-3-4-10-16-11)17-15-12-6-1-2-7-13(12)18-19-15/h1-7,10H,8-9H2,(H2,17,18,19,20). The van der Waals surface area contributed by atoms with Crippen LogP contribution in [0.5, 0.6) is 0 Å². The second kappa shape index (κ2) is 5.52. The van der Waals surface area contributed by atoms with Crippen molar-refractivity contribution in [3.63, 3.8) is 0 Å². The van der Waals surface area contributed by atoms with E-state index in [-0.39, 0.29) is 5.91 Å². The van der Waals surface area contributed by atoms with E-state index < -0.39 is 0 Å². The van der Waals surface area contributed by atoms with Crippen molar-refractivity contribution in [2.75, 3.05) is 5.32 Å². The molecule has 0 fully saturated rings. The predicted octanol–water partition coefficient (Wildman–Crippen LogP) is 2.53. The average molecular weight is 266 g/mol. The molecule has 0 atom stereocenters. The number of hydrogen-bond acceptors (Lipinski definition) is 3. The first kappa shape index (κ1) is 12.3. The van der Waals surface area contributed by atoms with Crippen molar-refractivity contribution in [3.05, 3.63) is 54.4 Å². The van der Waals surface area contributed by atoms with E-state index in [1.807, 2.05) is 42.5 Å². The third kappa shape index (κ3) is 2.66. The maximum absolute atomic E-state index is 11.9. The predicted molar refractivity (Wildman–Crippen MR) is 77.3 cm³/mol. The van der Waals surface area contributed by atoms with Gasteiger partial charge >= 0.3 is 0 Å². The molecule has 3 aromatic rings. The van der Waals surface area contributed by atoms with E-state index >= 15 is 0 Å². The van der Waals surface area contributed by atoms with Crippen molar-refractivity contribution in [2.24, 2.45) is 0 Å². The smallest absolute Gasteiger partial charge is 0.225 e. The number of aromatic amines is 1. The van der Waals surface area contributed by atoms with Gasteiger partial charge in [0.1, 0.15) is 0 Å². The van der Waals surface area contributed by atoms with Crippen LogP contribution in [0.25, 0.3) is 10.9 Å². The summed E-state index contributed by atoms with van der Waals surface area (Å²) in [4.78, 5) is 16.1. The number of rotatable bonds is 4. The summed E-state index contributed by atoms with van der Waals surface area (Å²) in [7, 11) is 0. The van der Waals surface area contributed by atoms with E-state index in [2.05, 4.69) is 20.5 Å². The highest BCUT2D eigenvalue weighted by Gasteiger charge is 2.09. The maximum atomic E-state index is 11.9. The van der Waals surface area contributed by atoms with Crippen LogP contribution in [0.2, 0.25) is 0 Å². The molecule has 0 spiro atoms. The quantitative estimate of drug-likeness (QED) is 0.762. The van der Waals surface area contributed by atoms with Crippen molar-refractivity contribution in [1.29, 1.82) is 0 Å². The van der Waals surface area contributed by atoms with Gasteiger partial charge in [-0.2, -0.15) is 5.10 Å². The molecule has 5 nitrogen and oxygen atoms in total. The van der Waals surface area contributed by atoms with Crippen LogP contribution < -0.4 is 5.32 Å². The van der Waals surface area contributed by atoms with Crippen molar-refractivity contribution in [3.8, 4) is 0 Å². The summed E-state index contributed by atoms with van der Waals surface area (Å²) in [6.07, 6.45) is 2.74. The number of anilines is 1. The fraction of sp³-hybridized carbons (Fsp3) is 0.133. The summed E-state index contributed by atoms with van der Waals surface area (Å²) in [5, 5.41) is 10.7. The first-order valence-electron chi connectivity index (χ1n) is 6.46. The third-order valence-electron chi connectivity index (χ3n) is 3.06. The van der Waals surface area contributed by atoms with E-state index in [0.717, 1.165) is 16.6 Å². The van der Waals surface area contributed by atoms with Gasteiger partial charge in [0, 0.05) is 23.7 Å². The van der Waals surface area contributed by atoms with E-state index in [4.69, 9.17) is 0 Å². The van der Waals surface area contributed by atoms with Crippen molar-refractivity contribution < 1.29 is 4.79 Å². The van der Waals surface area contributed by atoms with Crippen molar-refractivity contribution in [1.82, 2.24) is 15.2 Å². The number of benzene rings is 1. The van der Waals surface area contributed by atoms with Gasteiger partial charge < -0.3 is 5.32 Å². The molecule has 0 unspecified atom stereocenters. The molecule has 2 heterocycles. The highest BCUT2D eigenvalue weighted by molar-refractivity contribution is 5.99. The Labute approximate surface area is 116 Å². The number of nitrogens with zero attached hydrogens (tertiary/aromatic N) is 2. The first-order chi connectivity index (χ1) is 9.83. The first-order valence-corrected chi connectivity index (χ1v) is 6.46. The van der Waals surface area contributed by atoms with Gasteiger partial charge in [0.15, 0.2) is 5.82 Å². The van der Waals surface area contributed by atoms with Crippen LogP contribution in [-0.4, -0.2) is 21.1 Å². The zero-order chi connectivity index (χ0) is 13.8. The van der Waals surface area contributed by atoms with Gasteiger partial charge in [0.2, 0.25) is 5.91 Å². The van der Waals surface area contributed by atoms with Crippen LogP contribution in [0.4, 0.5) is 5.82 Å². The number of carbonyl (C=O) groups excluding carboxylic acids is 1. The van der Waals surface area contributed by atoms with Crippen LogP contribution in [0.3, 0.4) is 0 Å². The van der Waals surface area contributed by atoms with Crippen molar-refractivity contribution in [2.45, 2.75) is 12.8 Å². The number of pyridine rings is 1. The second-order valence-corrected chi connectivity index (χ2v) is 4.49. The van der Waals surface area contributed by atoms with Crippen LogP contribution in [0.1, 0.15) is 12.1 Å². The molecule has 100 valence electrons. The van der Waals surface area contributed by atoms with Gasteiger partial charge in [-0.25, -0.2) is 0 Å². The molecule has 0 radical (unpaired) electrons. The number of nitrogens with one attached hydrogen (secondary N) is 2. The Bertz CT molecular complexity index is 721. The van der Waals surface area contributed by atoms with E-state index in [1.54, 1.807) is 6.20 Å². The highest BCUT2D eigenvalue weighted by atomic mass is 16.1. The fourth-order valence-electron chi connectivity index (χ4n) is 2.04. The average Bonchev–Trinajstić information content (AvgIpc) is 2.90. The Kier molecular flexibility index (Phi) is 3.41. The molecule has 0 saturated heterocycles. The topological polar surface area (TPSA) is 70.7 Å². The molecule has 1 aromatic carbocycles. The molecular formula is C15H14N4O. The van der Waals surface area contributed by atoms with E-state index in [0.29, 0.717) is 18.7 Å². The highest BCUT2D eigenvalue weighted by Crippen LogP contribution is 2.19. The molecule has 20 heavy (non-hydrogen) atoms. The molecule has 0 saturated carbocycles. The summed E-state index contributed by atoms with van der Waals surface area (Å²) in [5.74, 6) is 0.513. The number of para-hydroxylation sites is 1. The summed E-state index contributed by atoms with van der Waals surface area (Å²) >= 11 is 0. The van der Waals surface area contributed by atoms with Gasteiger partial charge in [-0.3, -0.25) is 14.9 Å². The van der Waals surface area contributed by atoms with E-state index in [1.165, 1.54) is 0 Å². The maximum Gasteiger partial charge on any atom is 0.225 e. The summed E-state index contributed by atoms with van der Waals surface area (Å²) < 4.78 is 0. The third-order valence-corrected chi connectivity index (χ3v) is 3.06. The Balaban J connectivity index is 1.64. The van der Waals surface area contributed by atoms with Gasteiger partial charge in [0.05, 0.1) is 5.52 Å².